The normalized spacial score (nSPS) is 12.7. The average Bonchev–Trinajstić information content (AvgIpc) is 2.52. The first-order valence-electron chi connectivity index (χ1n) is 8.01. The predicted molar refractivity (Wildman–Crippen MR) is 104 cm³/mol. The maximum Gasteiger partial charge on any atom is 0.233 e. The number of unbranched alkanes of at least 4 members (excludes halogenated alkanes) is 1. The summed E-state index contributed by atoms with van der Waals surface area (Å²) in [5.41, 5.74) is 6.47. The zero-order valence-corrected chi connectivity index (χ0v) is 16.1. The van der Waals surface area contributed by atoms with Gasteiger partial charge in [0.05, 0.1) is 5.25 Å². The van der Waals surface area contributed by atoms with Gasteiger partial charge in [-0.3, -0.25) is 9.59 Å². The zero-order valence-electron chi connectivity index (χ0n) is 14.5. The number of benzene rings is 1. The molecule has 136 valence electrons. The van der Waals surface area contributed by atoms with Crippen LogP contribution in [0.3, 0.4) is 0 Å². The third-order valence-electron chi connectivity index (χ3n) is 3.39. The van der Waals surface area contributed by atoms with Gasteiger partial charge in [-0.15, -0.1) is 24.2 Å². The van der Waals surface area contributed by atoms with E-state index in [1.807, 2.05) is 31.2 Å². The number of nitrogens with one attached hydrogen (secondary N) is 2. The van der Waals surface area contributed by atoms with Gasteiger partial charge in [-0.05, 0) is 37.6 Å². The molecule has 0 aromatic heterocycles. The molecule has 0 bridgehead atoms. The number of hydrogen-bond donors (Lipinski definition) is 3. The lowest BCUT2D eigenvalue weighted by Gasteiger charge is -2.19. The van der Waals surface area contributed by atoms with Gasteiger partial charge in [0.15, 0.2) is 0 Å². The molecule has 0 radical (unpaired) electrons. The smallest absolute Gasteiger partial charge is 0.233 e. The number of nitrogens with two attached hydrogens (primary N) is 1. The highest BCUT2D eigenvalue weighted by Gasteiger charge is 2.17. The second kappa shape index (κ2) is 12.2. The molecule has 1 rings (SSSR count). The third-order valence-corrected chi connectivity index (χ3v) is 4.51. The fourth-order valence-corrected chi connectivity index (χ4v) is 2.97. The van der Waals surface area contributed by atoms with E-state index in [4.69, 9.17) is 5.73 Å². The molecular formula is C17H28ClN3O2S. The van der Waals surface area contributed by atoms with Crippen molar-refractivity contribution in [3.8, 4) is 0 Å². The molecule has 0 saturated carbocycles. The van der Waals surface area contributed by atoms with E-state index in [0.29, 0.717) is 6.54 Å². The molecule has 5 nitrogen and oxygen atoms in total. The monoisotopic (exact) mass is 373 g/mol. The van der Waals surface area contributed by atoms with Crippen molar-refractivity contribution in [2.45, 2.75) is 56.2 Å². The first-order valence-corrected chi connectivity index (χ1v) is 8.89. The molecule has 0 aliphatic carbocycles. The van der Waals surface area contributed by atoms with Crippen LogP contribution in [0.5, 0.6) is 0 Å². The van der Waals surface area contributed by atoms with Crippen molar-refractivity contribution >= 4 is 41.7 Å². The molecule has 4 N–H and O–H groups in total. The summed E-state index contributed by atoms with van der Waals surface area (Å²) in [7, 11) is 0. The van der Waals surface area contributed by atoms with Crippen LogP contribution < -0.4 is 16.4 Å². The SMILES string of the molecule is CCCCC(CN)NC(=O)C(C)Sc1ccc(NC(C)=O)cc1.Cl. The van der Waals surface area contributed by atoms with Crippen LogP contribution in [0.4, 0.5) is 5.69 Å². The number of amides is 2. The van der Waals surface area contributed by atoms with Crippen LogP contribution in [-0.4, -0.2) is 29.7 Å². The minimum Gasteiger partial charge on any atom is -0.351 e. The zero-order chi connectivity index (χ0) is 17.2. The summed E-state index contributed by atoms with van der Waals surface area (Å²) in [6.07, 6.45) is 3.08. The van der Waals surface area contributed by atoms with Gasteiger partial charge in [0.2, 0.25) is 11.8 Å². The van der Waals surface area contributed by atoms with Crippen molar-refractivity contribution in [1.29, 1.82) is 0 Å². The molecule has 0 saturated heterocycles. The molecule has 0 aliphatic rings. The van der Waals surface area contributed by atoms with E-state index < -0.39 is 0 Å². The molecule has 24 heavy (non-hydrogen) atoms. The van der Waals surface area contributed by atoms with Crippen molar-refractivity contribution in [2.75, 3.05) is 11.9 Å². The molecule has 1 aromatic carbocycles. The van der Waals surface area contributed by atoms with Gasteiger partial charge in [0, 0.05) is 30.1 Å². The Labute approximate surface area is 154 Å². The molecular weight excluding hydrogens is 346 g/mol. The van der Waals surface area contributed by atoms with E-state index in [2.05, 4.69) is 17.6 Å². The van der Waals surface area contributed by atoms with Crippen LogP contribution in [0.15, 0.2) is 29.2 Å². The molecule has 7 heteroatoms. The number of carbonyl (C=O) groups excluding carboxylic acids is 2. The molecule has 0 aliphatic heterocycles. The van der Waals surface area contributed by atoms with E-state index in [1.54, 1.807) is 0 Å². The van der Waals surface area contributed by atoms with E-state index in [0.717, 1.165) is 29.8 Å². The lowest BCUT2D eigenvalue weighted by molar-refractivity contribution is -0.121. The first kappa shape index (κ1) is 22.8. The second-order valence-corrected chi connectivity index (χ2v) is 6.96. The number of thioether (sulfide) groups is 1. The largest absolute Gasteiger partial charge is 0.351 e. The quantitative estimate of drug-likeness (QED) is 0.580. The van der Waals surface area contributed by atoms with E-state index in [9.17, 15) is 9.59 Å². The summed E-state index contributed by atoms with van der Waals surface area (Å²) in [5, 5.41) is 5.54. The van der Waals surface area contributed by atoms with Crippen LogP contribution in [0.25, 0.3) is 0 Å². The Morgan fingerprint density at radius 1 is 1.25 bits per heavy atom. The fourth-order valence-electron chi connectivity index (χ4n) is 2.10. The summed E-state index contributed by atoms with van der Waals surface area (Å²) in [6, 6.07) is 7.51. The molecule has 1 aromatic rings. The van der Waals surface area contributed by atoms with Crippen molar-refractivity contribution in [3.05, 3.63) is 24.3 Å². The molecule has 2 amide bonds. The molecule has 2 unspecified atom stereocenters. The summed E-state index contributed by atoms with van der Waals surface area (Å²) in [5.74, 6) is -0.0921. The Morgan fingerprint density at radius 2 is 1.88 bits per heavy atom. The Morgan fingerprint density at radius 3 is 2.38 bits per heavy atom. The minimum atomic E-state index is -0.197. The molecule has 0 spiro atoms. The van der Waals surface area contributed by atoms with Crippen molar-refractivity contribution in [2.24, 2.45) is 5.73 Å². The fraction of sp³-hybridized carbons (Fsp3) is 0.529. The van der Waals surface area contributed by atoms with E-state index >= 15 is 0 Å². The number of anilines is 1. The number of halogens is 1. The van der Waals surface area contributed by atoms with Crippen LogP contribution in [0.2, 0.25) is 0 Å². The topological polar surface area (TPSA) is 84.2 Å². The van der Waals surface area contributed by atoms with Crippen LogP contribution in [-0.2, 0) is 9.59 Å². The van der Waals surface area contributed by atoms with Crippen molar-refractivity contribution < 1.29 is 9.59 Å². The van der Waals surface area contributed by atoms with Crippen LogP contribution in [0, 0.1) is 0 Å². The van der Waals surface area contributed by atoms with Crippen molar-refractivity contribution in [1.82, 2.24) is 5.32 Å². The highest BCUT2D eigenvalue weighted by Crippen LogP contribution is 2.25. The average molecular weight is 374 g/mol. The third kappa shape index (κ3) is 8.57. The Balaban J connectivity index is 0.00000529. The predicted octanol–water partition coefficient (Wildman–Crippen LogP) is 3.18. The number of carbonyl (C=O) groups is 2. The minimum absolute atomic E-state index is 0. The summed E-state index contributed by atoms with van der Waals surface area (Å²) in [4.78, 5) is 24.2. The maximum atomic E-state index is 12.2. The van der Waals surface area contributed by atoms with Gasteiger partial charge in [-0.25, -0.2) is 0 Å². The van der Waals surface area contributed by atoms with Crippen LogP contribution >= 0.6 is 24.2 Å². The molecule has 2 atom stereocenters. The highest BCUT2D eigenvalue weighted by molar-refractivity contribution is 8.00. The summed E-state index contributed by atoms with van der Waals surface area (Å²) >= 11 is 1.49. The van der Waals surface area contributed by atoms with Crippen molar-refractivity contribution in [3.63, 3.8) is 0 Å². The van der Waals surface area contributed by atoms with E-state index in [-0.39, 0.29) is 35.5 Å². The first-order chi connectivity index (χ1) is 11.0. The second-order valence-electron chi connectivity index (χ2n) is 5.55. The number of rotatable bonds is 9. The standard InChI is InChI=1S/C17H27N3O2S.ClH/c1-4-5-6-15(11-18)20-17(22)12(2)23-16-9-7-14(8-10-16)19-13(3)21;/h7-10,12,15H,4-6,11,18H2,1-3H3,(H,19,21)(H,20,22);1H. The highest BCUT2D eigenvalue weighted by atomic mass is 35.5. The van der Waals surface area contributed by atoms with Gasteiger partial charge in [-0.1, -0.05) is 19.8 Å². The summed E-state index contributed by atoms with van der Waals surface area (Å²) in [6.45, 7) is 5.95. The van der Waals surface area contributed by atoms with Gasteiger partial charge >= 0.3 is 0 Å². The van der Waals surface area contributed by atoms with Gasteiger partial charge < -0.3 is 16.4 Å². The van der Waals surface area contributed by atoms with Gasteiger partial charge in [-0.2, -0.15) is 0 Å². The Hall–Kier alpha value is -1.24. The number of hydrogen-bond acceptors (Lipinski definition) is 4. The molecule has 0 fully saturated rings. The van der Waals surface area contributed by atoms with Gasteiger partial charge in [0.1, 0.15) is 0 Å². The Kier molecular flexibility index (Phi) is 11.5. The lowest BCUT2D eigenvalue weighted by atomic mass is 10.1. The summed E-state index contributed by atoms with van der Waals surface area (Å²) < 4.78 is 0. The van der Waals surface area contributed by atoms with Crippen LogP contribution in [0.1, 0.15) is 40.0 Å². The van der Waals surface area contributed by atoms with Gasteiger partial charge in [0.25, 0.3) is 0 Å². The lowest BCUT2D eigenvalue weighted by Crippen LogP contribution is -2.43. The Bertz CT molecular complexity index is 511. The maximum absolute atomic E-state index is 12.2. The van der Waals surface area contributed by atoms with E-state index in [1.165, 1.54) is 18.7 Å². The molecule has 0 heterocycles.